The Morgan fingerprint density at radius 3 is 2.45 bits per heavy atom. The van der Waals surface area contributed by atoms with Gasteiger partial charge in [0.25, 0.3) is 0 Å². The first kappa shape index (κ1) is 15.4. The minimum absolute atomic E-state index is 0.692. The van der Waals surface area contributed by atoms with Crippen LogP contribution < -0.4 is 10.1 Å². The van der Waals surface area contributed by atoms with Crippen LogP contribution in [0.2, 0.25) is 0 Å². The summed E-state index contributed by atoms with van der Waals surface area (Å²) >= 11 is 5.27. The van der Waals surface area contributed by atoms with Gasteiger partial charge in [0.15, 0.2) is 0 Å². The second-order valence-electron chi connectivity index (χ2n) is 4.21. The molecule has 2 aromatic rings. The van der Waals surface area contributed by atoms with Gasteiger partial charge in [0.05, 0.1) is 0 Å². The average Bonchev–Trinajstić information content (AvgIpc) is 2.49. The van der Waals surface area contributed by atoms with Crippen LogP contribution in [-0.4, -0.2) is 25.4 Å². The van der Waals surface area contributed by atoms with Crippen molar-refractivity contribution in [1.29, 1.82) is 0 Å². The fourth-order valence-electron chi connectivity index (χ4n) is 1.65. The van der Waals surface area contributed by atoms with E-state index in [0.29, 0.717) is 6.61 Å². The van der Waals surface area contributed by atoms with Crippen molar-refractivity contribution < 1.29 is 4.74 Å². The van der Waals surface area contributed by atoms with Crippen LogP contribution in [0, 0.1) is 0 Å². The van der Waals surface area contributed by atoms with Crippen molar-refractivity contribution in [2.45, 2.75) is 4.90 Å². The number of thioether (sulfide) groups is 1. The summed E-state index contributed by atoms with van der Waals surface area (Å²) in [6.45, 7) is 2.55. The average molecular weight is 352 g/mol. The van der Waals surface area contributed by atoms with Gasteiger partial charge < -0.3 is 10.1 Å². The molecule has 0 saturated carbocycles. The van der Waals surface area contributed by atoms with Gasteiger partial charge in [-0.15, -0.1) is 11.8 Å². The fraction of sp³-hybridized carbons (Fsp3) is 0.250. The molecule has 0 saturated heterocycles. The van der Waals surface area contributed by atoms with Gasteiger partial charge in [0, 0.05) is 28.2 Å². The van der Waals surface area contributed by atoms with Gasteiger partial charge in [-0.3, -0.25) is 0 Å². The highest BCUT2D eigenvalue weighted by Crippen LogP contribution is 2.16. The Morgan fingerprint density at radius 1 is 0.950 bits per heavy atom. The molecular weight excluding hydrogens is 334 g/mol. The van der Waals surface area contributed by atoms with Crippen LogP contribution in [0.5, 0.6) is 5.75 Å². The van der Waals surface area contributed by atoms with Crippen LogP contribution in [0.15, 0.2) is 64.0 Å². The lowest BCUT2D eigenvalue weighted by atomic mass is 10.3. The summed E-state index contributed by atoms with van der Waals surface area (Å²) < 4.78 is 6.71. The van der Waals surface area contributed by atoms with Crippen LogP contribution in [0.1, 0.15) is 0 Å². The number of nitrogens with one attached hydrogen (secondary N) is 1. The lowest BCUT2D eigenvalue weighted by Gasteiger charge is -2.07. The maximum Gasteiger partial charge on any atom is 0.119 e. The molecule has 0 radical (unpaired) electrons. The van der Waals surface area contributed by atoms with Crippen molar-refractivity contribution in [3.63, 3.8) is 0 Å². The Morgan fingerprint density at radius 2 is 1.70 bits per heavy atom. The molecule has 2 nitrogen and oxygen atoms in total. The van der Waals surface area contributed by atoms with E-state index < -0.39 is 0 Å². The maximum atomic E-state index is 5.64. The molecule has 0 bridgehead atoms. The van der Waals surface area contributed by atoms with Crippen molar-refractivity contribution in [2.75, 3.05) is 25.4 Å². The minimum atomic E-state index is 0.692. The summed E-state index contributed by atoms with van der Waals surface area (Å²) in [6.07, 6.45) is 0. The van der Waals surface area contributed by atoms with Crippen molar-refractivity contribution in [3.8, 4) is 5.75 Å². The smallest absolute Gasteiger partial charge is 0.119 e. The highest BCUT2D eigenvalue weighted by atomic mass is 79.9. The van der Waals surface area contributed by atoms with E-state index in [0.717, 1.165) is 29.1 Å². The van der Waals surface area contributed by atoms with E-state index in [9.17, 15) is 0 Å². The summed E-state index contributed by atoms with van der Waals surface area (Å²) in [5, 5.41) is 3.38. The lowest BCUT2D eigenvalue weighted by molar-refractivity contribution is 0.315. The van der Waals surface area contributed by atoms with Gasteiger partial charge in [0.1, 0.15) is 12.4 Å². The summed E-state index contributed by atoms with van der Waals surface area (Å²) in [4.78, 5) is 1.32. The molecule has 1 N–H and O–H groups in total. The number of ether oxygens (including phenoxy) is 1. The molecule has 2 rings (SSSR count). The number of hydrogen-bond acceptors (Lipinski definition) is 3. The lowest BCUT2D eigenvalue weighted by Crippen LogP contribution is -2.23. The van der Waals surface area contributed by atoms with Crippen molar-refractivity contribution in [1.82, 2.24) is 5.32 Å². The third-order valence-corrected chi connectivity index (χ3v) is 4.19. The first-order valence-electron chi connectivity index (χ1n) is 6.61. The predicted octanol–water partition coefficient (Wildman–Crippen LogP) is 4.21. The van der Waals surface area contributed by atoms with Crippen LogP contribution in [-0.2, 0) is 0 Å². The molecule has 0 amide bonds. The van der Waals surface area contributed by atoms with E-state index in [4.69, 9.17) is 4.74 Å². The zero-order chi connectivity index (χ0) is 14.0. The molecule has 0 aliphatic carbocycles. The van der Waals surface area contributed by atoms with Gasteiger partial charge in [-0.1, -0.05) is 34.1 Å². The highest BCUT2D eigenvalue weighted by molar-refractivity contribution is 9.10. The van der Waals surface area contributed by atoms with E-state index >= 15 is 0 Å². The third kappa shape index (κ3) is 5.99. The molecule has 0 unspecified atom stereocenters. The van der Waals surface area contributed by atoms with E-state index in [1.165, 1.54) is 4.90 Å². The monoisotopic (exact) mass is 351 g/mol. The zero-order valence-corrected chi connectivity index (χ0v) is 13.6. The van der Waals surface area contributed by atoms with Crippen LogP contribution in [0.3, 0.4) is 0 Å². The normalized spacial score (nSPS) is 10.4. The molecule has 4 heteroatoms. The first-order valence-corrected chi connectivity index (χ1v) is 8.39. The Kier molecular flexibility index (Phi) is 6.98. The molecule has 106 valence electrons. The van der Waals surface area contributed by atoms with Gasteiger partial charge in [-0.2, -0.15) is 0 Å². The molecule has 0 spiro atoms. The molecule has 0 aliphatic rings. The van der Waals surface area contributed by atoms with Crippen molar-refractivity contribution in [2.24, 2.45) is 0 Å². The van der Waals surface area contributed by atoms with E-state index in [1.54, 1.807) is 0 Å². The summed E-state index contributed by atoms with van der Waals surface area (Å²) in [7, 11) is 0. The van der Waals surface area contributed by atoms with Crippen LogP contribution in [0.25, 0.3) is 0 Å². The Balaban J connectivity index is 1.51. The van der Waals surface area contributed by atoms with Crippen LogP contribution in [0.4, 0.5) is 0 Å². The van der Waals surface area contributed by atoms with Crippen LogP contribution >= 0.6 is 27.7 Å². The predicted molar refractivity (Wildman–Crippen MR) is 89.7 cm³/mol. The van der Waals surface area contributed by atoms with Gasteiger partial charge in [-0.05, 0) is 36.4 Å². The topological polar surface area (TPSA) is 21.3 Å². The highest BCUT2D eigenvalue weighted by Gasteiger charge is 1.95. The molecule has 0 fully saturated rings. The molecule has 0 heterocycles. The van der Waals surface area contributed by atoms with E-state index in [1.807, 2.05) is 42.1 Å². The molecule has 0 aromatic heterocycles. The fourth-order valence-corrected chi connectivity index (χ4v) is 2.75. The molecular formula is C16H18BrNOS. The van der Waals surface area contributed by atoms with Gasteiger partial charge in [-0.25, -0.2) is 0 Å². The SMILES string of the molecule is Brc1ccc(OCCNCCSc2ccccc2)cc1. The van der Waals surface area contributed by atoms with Gasteiger partial charge in [0.2, 0.25) is 0 Å². The second-order valence-corrected chi connectivity index (χ2v) is 6.30. The number of halogens is 1. The molecule has 0 aliphatic heterocycles. The number of benzene rings is 2. The Hall–Kier alpha value is -0.970. The third-order valence-electron chi connectivity index (χ3n) is 2.65. The number of hydrogen-bond donors (Lipinski definition) is 1. The van der Waals surface area contributed by atoms with Crippen molar-refractivity contribution >= 4 is 27.7 Å². The number of rotatable bonds is 8. The van der Waals surface area contributed by atoms with E-state index in [2.05, 4.69) is 45.5 Å². The summed E-state index contributed by atoms with van der Waals surface area (Å²) in [5.41, 5.74) is 0. The quantitative estimate of drug-likeness (QED) is 0.568. The second kappa shape index (κ2) is 9.06. The minimum Gasteiger partial charge on any atom is -0.492 e. The summed E-state index contributed by atoms with van der Waals surface area (Å²) in [6, 6.07) is 18.4. The summed E-state index contributed by atoms with van der Waals surface area (Å²) in [5.74, 6) is 1.98. The molecule has 2 aromatic carbocycles. The largest absolute Gasteiger partial charge is 0.492 e. The molecule has 0 atom stereocenters. The first-order chi connectivity index (χ1) is 9.84. The van der Waals surface area contributed by atoms with Gasteiger partial charge >= 0.3 is 0 Å². The Labute approximate surface area is 133 Å². The van der Waals surface area contributed by atoms with E-state index in [-0.39, 0.29) is 0 Å². The zero-order valence-electron chi connectivity index (χ0n) is 11.2. The standard InChI is InChI=1S/C16H18BrNOS/c17-14-6-8-15(9-7-14)19-12-10-18-11-13-20-16-4-2-1-3-5-16/h1-9,18H,10-13H2. The maximum absolute atomic E-state index is 5.64. The molecule has 20 heavy (non-hydrogen) atoms. The van der Waals surface area contributed by atoms with Crippen molar-refractivity contribution in [3.05, 3.63) is 59.1 Å². The Bertz CT molecular complexity index is 490.